The Morgan fingerprint density at radius 1 is 1.04 bits per heavy atom. The number of hydrogen-bond acceptors (Lipinski definition) is 2. The van der Waals surface area contributed by atoms with Crippen LogP contribution in [0.5, 0.6) is 0 Å². The second-order valence-electron chi connectivity index (χ2n) is 4.47. The largest absolute Gasteiger partial charge is 1.00 e. The summed E-state index contributed by atoms with van der Waals surface area (Å²) < 4.78 is 0. The molecule has 3 aromatic rings. The molecule has 0 aliphatic carbocycles. The lowest BCUT2D eigenvalue weighted by Gasteiger charge is -2.02. The Bertz CT molecular complexity index is 819. The van der Waals surface area contributed by atoms with E-state index in [1.807, 2.05) is 42.6 Å². The van der Waals surface area contributed by atoms with Crippen molar-refractivity contribution in [3.63, 3.8) is 0 Å². The second kappa shape index (κ2) is 8.70. The van der Waals surface area contributed by atoms with E-state index < -0.39 is 0 Å². The van der Waals surface area contributed by atoms with E-state index in [4.69, 9.17) is 23.2 Å². The van der Waals surface area contributed by atoms with Crippen LogP contribution in [0.3, 0.4) is 0 Å². The van der Waals surface area contributed by atoms with Gasteiger partial charge in [0.25, 0.3) is 0 Å². The van der Waals surface area contributed by atoms with Crippen molar-refractivity contribution in [1.82, 2.24) is 0 Å². The molecule has 1 aromatic heterocycles. The van der Waals surface area contributed by atoms with Crippen molar-refractivity contribution in [3.8, 4) is 0 Å². The Kier molecular flexibility index (Phi) is 7.26. The molecule has 0 aliphatic rings. The van der Waals surface area contributed by atoms with Crippen molar-refractivity contribution in [2.75, 3.05) is 5.43 Å². The number of benzene rings is 2. The molecule has 3 rings (SSSR count). The standard InChI is InChI=1S/C16H11Cl2N3.ClH.H2O/c17-12-6-5-11(14(18)9-12)10-20-21-16-7-8-19-15-4-2-1-3-13(15)16;;/h1-10H,(H,19,21);1H;1H2/b20-10+;;. The third-order valence-corrected chi connectivity index (χ3v) is 3.62. The summed E-state index contributed by atoms with van der Waals surface area (Å²) in [6, 6.07) is 15.2. The number of halogens is 3. The predicted molar refractivity (Wildman–Crippen MR) is 91.8 cm³/mol. The van der Waals surface area contributed by atoms with Gasteiger partial charge >= 0.3 is 0 Å². The van der Waals surface area contributed by atoms with E-state index in [0.717, 1.165) is 22.2 Å². The number of aromatic amines is 1. The maximum Gasteiger partial charge on any atom is 0.212 e. The molecule has 1 heterocycles. The SMILES string of the molecule is Clc1ccc(/C=N/Nc2cc[nH+]c3ccccc23)c(Cl)c1.O.[Cl-]. The zero-order valence-electron chi connectivity index (χ0n) is 11.9. The summed E-state index contributed by atoms with van der Waals surface area (Å²) in [5.74, 6) is 0. The van der Waals surface area contributed by atoms with Crippen molar-refractivity contribution < 1.29 is 22.9 Å². The van der Waals surface area contributed by atoms with Gasteiger partial charge in [0.2, 0.25) is 5.52 Å². The van der Waals surface area contributed by atoms with Gasteiger partial charge in [-0.25, -0.2) is 4.98 Å². The van der Waals surface area contributed by atoms with Crippen LogP contribution in [-0.2, 0) is 0 Å². The van der Waals surface area contributed by atoms with Gasteiger partial charge in [0.15, 0.2) is 6.20 Å². The fraction of sp³-hybridized carbons (Fsp3) is 0. The number of rotatable bonds is 3. The van der Waals surface area contributed by atoms with Crippen LogP contribution < -0.4 is 22.8 Å². The molecular weight excluding hydrogens is 357 g/mol. The number of fused-ring (bicyclic) bond motifs is 1. The highest BCUT2D eigenvalue weighted by molar-refractivity contribution is 6.36. The summed E-state index contributed by atoms with van der Waals surface area (Å²) in [4.78, 5) is 3.19. The summed E-state index contributed by atoms with van der Waals surface area (Å²) in [5, 5.41) is 6.48. The molecule has 0 spiro atoms. The molecule has 0 bridgehead atoms. The second-order valence-corrected chi connectivity index (χ2v) is 5.32. The molecule has 7 heteroatoms. The van der Waals surface area contributed by atoms with E-state index in [2.05, 4.69) is 15.5 Å². The number of hydrogen-bond donors (Lipinski definition) is 1. The first-order valence-corrected chi connectivity index (χ1v) is 7.13. The molecule has 0 atom stereocenters. The van der Waals surface area contributed by atoms with E-state index in [1.54, 1.807) is 18.3 Å². The Morgan fingerprint density at radius 2 is 1.83 bits per heavy atom. The van der Waals surface area contributed by atoms with E-state index in [1.165, 1.54) is 0 Å². The van der Waals surface area contributed by atoms with Gasteiger partial charge in [-0.3, -0.25) is 5.43 Å². The average Bonchev–Trinajstić information content (AvgIpc) is 2.50. The van der Waals surface area contributed by atoms with Crippen LogP contribution in [0.15, 0.2) is 59.8 Å². The number of pyridine rings is 1. The third-order valence-electron chi connectivity index (χ3n) is 3.06. The number of H-pyrrole nitrogens is 1. The number of nitrogens with zero attached hydrogens (tertiary/aromatic N) is 1. The third kappa shape index (κ3) is 4.56. The zero-order valence-corrected chi connectivity index (χ0v) is 14.1. The number of para-hydroxylation sites is 1. The molecule has 0 fully saturated rings. The lowest BCUT2D eigenvalue weighted by Crippen LogP contribution is -3.00. The summed E-state index contributed by atoms with van der Waals surface area (Å²) in [7, 11) is 0. The van der Waals surface area contributed by atoms with Gasteiger partial charge in [-0.2, -0.15) is 5.10 Å². The van der Waals surface area contributed by atoms with Crippen molar-refractivity contribution in [2.45, 2.75) is 0 Å². The van der Waals surface area contributed by atoms with E-state index in [9.17, 15) is 0 Å². The van der Waals surface area contributed by atoms with Gasteiger partial charge in [-0.15, -0.1) is 0 Å². The minimum atomic E-state index is 0. The van der Waals surface area contributed by atoms with Crippen LogP contribution >= 0.6 is 23.2 Å². The summed E-state index contributed by atoms with van der Waals surface area (Å²) in [5.41, 5.74) is 5.81. The monoisotopic (exact) mass is 369 g/mol. The molecule has 0 unspecified atom stereocenters. The van der Waals surface area contributed by atoms with Crippen molar-refractivity contribution in [2.24, 2.45) is 5.10 Å². The summed E-state index contributed by atoms with van der Waals surface area (Å²) >= 11 is 12.0. The van der Waals surface area contributed by atoms with Gasteiger partial charge in [0.05, 0.1) is 22.3 Å². The fourth-order valence-corrected chi connectivity index (χ4v) is 2.48. The van der Waals surface area contributed by atoms with E-state index in [-0.39, 0.29) is 17.9 Å². The highest BCUT2D eigenvalue weighted by Crippen LogP contribution is 2.21. The molecule has 0 saturated carbocycles. The van der Waals surface area contributed by atoms with Crippen LogP contribution in [-0.4, -0.2) is 11.7 Å². The molecule has 0 saturated heterocycles. The lowest BCUT2D eigenvalue weighted by atomic mass is 10.2. The normalized spacial score (nSPS) is 10.2. The first-order valence-electron chi connectivity index (χ1n) is 6.37. The molecule has 23 heavy (non-hydrogen) atoms. The smallest absolute Gasteiger partial charge is 0.212 e. The first kappa shape index (κ1) is 19.2. The Hall–Kier alpha value is -1.85. The molecule has 120 valence electrons. The van der Waals surface area contributed by atoms with Crippen molar-refractivity contribution >= 4 is 46.0 Å². The molecule has 0 aliphatic heterocycles. The Labute approximate surface area is 149 Å². The lowest BCUT2D eigenvalue weighted by molar-refractivity contribution is -0.344. The van der Waals surface area contributed by atoms with Crippen LogP contribution in [0.25, 0.3) is 10.9 Å². The molecule has 4 N–H and O–H groups in total. The summed E-state index contributed by atoms with van der Waals surface area (Å²) in [6.07, 6.45) is 3.54. The Morgan fingerprint density at radius 3 is 2.61 bits per heavy atom. The van der Waals surface area contributed by atoms with E-state index >= 15 is 0 Å². The van der Waals surface area contributed by atoms with Crippen LogP contribution in [0.1, 0.15) is 5.56 Å². The van der Waals surface area contributed by atoms with Crippen molar-refractivity contribution in [3.05, 3.63) is 70.3 Å². The van der Waals surface area contributed by atoms with Gasteiger partial charge in [0.1, 0.15) is 0 Å². The molecular formula is C16H14Cl3N3O. The van der Waals surface area contributed by atoms with Crippen LogP contribution in [0.4, 0.5) is 5.69 Å². The minimum Gasteiger partial charge on any atom is -1.00 e. The van der Waals surface area contributed by atoms with Crippen molar-refractivity contribution in [1.29, 1.82) is 0 Å². The quantitative estimate of drug-likeness (QED) is 0.532. The molecule has 0 amide bonds. The van der Waals surface area contributed by atoms with Gasteiger partial charge < -0.3 is 17.9 Å². The number of hydrazone groups is 1. The van der Waals surface area contributed by atoms with Gasteiger partial charge in [0, 0.05) is 22.7 Å². The average molecular weight is 371 g/mol. The van der Waals surface area contributed by atoms with Crippen LogP contribution in [0, 0.1) is 0 Å². The number of nitrogens with one attached hydrogen (secondary N) is 2. The minimum absolute atomic E-state index is 0. The highest BCUT2D eigenvalue weighted by Gasteiger charge is 2.04. The van der Waals surface area contributed by atoms with Gasteiger partial charge in [-0.05, 0) is 18.2 Å². The van der Waals surface area contributed by atoms with Crippen LogP contribution in [0.2, 0.25) is 10.0 Å². The maximum absolute atomic E-state index is 6.10. The number of anilines is 1. The highest BCUT2D eigenvalue weighted by atomic mass is 35.5. The Balaban J connectivity index is 0.00000132. The fourth-order valence-electron chi connectivity index (χ4n) is 2.02. The zero-order chi connectivity index (χ0) is 14.7. The summed E-state index contributed by atoms with van der Waals surface area (Å²) in [6.45, 7) is 0. The predicted octanol–water partition coefficient (Wildman–Crippen LogP) is 0.586. The maximum atomic E-state index is 6.10. The topological polar surface area (TPSA) is 70.0 Å². The van der Waals surface area contributed by atoms with E-state index in [0.29, 0.717) is 10.0 Å². The number of aromatic nitrogens is 1. The molecule has 4 nitrogen and oxygen atoms in total. The first-order chi connectivity index (χ1) is 10.2. The molecule has 2 aromatic carbocycles. The molecule has 0 radical (unpaired) electrons. The van der Waals surface area contributed by atoms with Gasteiger partial charge in [-0.1, -0.05) is 41.4 Å².